The van der Waals surface area contributed by atoms with Gasteiger partial charge in [0.05, 0.1) is 24.8 Å². The standard InChI is InChI=1S/C10H12N2O/c1-8(12-13-2)10-5-3-4-9(6-10)7-11/h3-6,8,12H,1-2H3. The van der Waals surface area contributed by atoms with E-state index in [0.29, 0.717) is 5.56 Å². The maximum absolute atomic E-state index is 8.67. The lowest BCUT2D eigenvalue weighted by atomic mass is 10.1. The van der Waals surface area contributed by atoms with E-state index in [9.17, 15) is 0 Å². The molecule has 0 saturated heterocycles. The highest BCUT2D eigenvalue weighted by atomic mass is 16.6. The van der Waals surface area contributed by atoms with Crippen LogP contribution in [0.1, 0.15) is 24.1 Å². The molecule has 1 unspecified atom stereocenters. The molecule has 13 heavy (non-hydrogen) atoms. The average Bonchev–Trinajstić information content (AvgIpc) is 2.18. The monoisotopic (exact) mass is 176 g/mol. The summed E-state index contributed by atoms with van der Waals surface area (Å²) in [4.78, 5) is 4.80. The maximum atomic E-state index is 8.67. The van der Waals surface area contributed by atoms with Gasteiger partial charge in [-0.2, -0.15) is 10.7 Å². The molecule has 0 aliphatic rings. The van der Waals surface area contributed by atoms with Gasteiger partial charge in [-0.1, -0.05) is 12.1 Å². The summed E-state index contributed by atoms with van der Waals surface area (Å²) in [6.45, 7) is 1.97. The van der Waals surface area contributed by atoms with Crippen LogP contribution in [0.15, 0.2) is 24.3 Å². The second-order valence-corrected chi connectivity index (χ2v) is 2.78. The predicted molar refractivity (Wildman–Crippen MR) is 49.7 cm³/mol. The van der Waals surface area contributed by atoms with Crippen LogP contribution >= 0.6 is 0 Å². The summed E-state index contributed by atoms with van der Waals surface area (Å²) in [5, 5.41) is 8.67. The number of benzene rings is 1. The lowest BCUT2D eigenvalue weighted by molar-refractivity contribution is 0.0659. The highest BCUT2D eigenvalue weighted by Crippen LogP contribution is 2.13. The normalized spacial score (nSPS) is 12.1. The first-order chi connectivity index (χ1) is 6.27. The molecule has 68 valence electrons. The number of hydroxylamine groups is 1. The summed E-state index contributed by atoms with van der Waals surface area (Å²) in [5.74, 6) is 0. The Morgan fingerprint density at radius 2 is 2.31 bits per heavy atom. The topological polar surface area (TPSA) is 45.0 Å². The lowest BCUT2D eigenvalue weighted by Gasteiger charge is -2.11. The van der Waals surface area contributed by atoms with Crippen molar-refractivity contribution in [3.63, 3.8) is 0 Å². The van der Waals surface area contributed by atoms with Crippen LogP contribution in [0.25, 0.3) is 0 Å². The Kier molecular flexibility index (Phi) is 3.44. The molecule has 1 aromatic carbocycles. The Balaban J connectivity index is 2.83. The van der Waals surface area contributed by atoms with Gasteiger partial charge in [-0.25, -0.2) is 0 Å². The van der Waals surface area contributed by atoms with Crippen LogP contribution in [0.3, 0.4) is 0 Å². The van der Waals surface area contributed by atoms with E-state index in [0.717, 1.165) is 5.56 Å². The molecule has 3 heteroatoms. The van der Waals surface area contributed by atoms with E-state index in [2.05, 4.69) is 11.5 Å². The van der Waals surface area contributed by atoms with Gasteiger partial charge in [0, 0.05) is 0 Å². The van der Waals surface area contributed by atoms with Gasteiger partial charge in [-0.05, 0) is 24.6 Å². The molecule has 1 N–H and O–H groups in total. The summed E-state index contributed by atoms with van der Waals surface area (Å²) >= 11 is 0. The van der Waals surface area contributed by atoms with Gasteiger partial charge in [0.25, 0.3) is 0 Å². The van der Waals surface area contributed by atoms with Gasteiger partial charge in [0.1, 0.15) is 0 Å². The van der Waals surface area contributed by atoms with Crippen LogP contribution < -0.4 is 5.48 Å². The second kappa shape index (κ2) is 4.61. The Morgan fingerprint density at radius 3 is 2.92 bits per heavy atom. The number of rotatable bonds is 3. The minimum atomic E-state index is 0.0956. The SMILES string of the molecule is CONC(C)c1cccc(C#N)c1. The summed E-state index contributed by atoms with van der Waals surface area (Å²) in [6.07, 6.45) is 0. The quantitative estimate of drug-likeness (QED) is 0.714. The Morgan fingerprint density at radius 1 is 1.54 bits per heavy atom. The fourth-order valence-electron chi connectivity index (χ4n) is 1.12. The molecule has 0 aliphatic carbocycles. The van der Waals surface area contributed by atoms with Crippen LogP contribution in [0.2, 0.25) is 0 Å². The molecule has 1 atom stereocenters. The first-order valence-electron chi connectivity index (χ1n) is 4.06. The van der Waals surface area contributed by atoms with Crippen molar-refractivity contribution in [3.8, 4) is 6.07 Å². The molecule has 0 amide bonds. The number of nitriles is 1. The molecule has 3 nitrogen and oxygen atoms in total. The minimum Gasteiger partial charge on any atom is -0.305 e. The van der Waals surface area contributed by atoms with E-state index in [1.165, 1.54) is 0 Å². The van der Waals surface area contributed by atoms with E-state index in [1.54, 1.807) is 13.2 Å². The molecule has 0 fully saturated rings. The smallest absolute Gasteiger partial charge is 0.0991 e. The van der Waals surface area contributed by atoms with Gasteiger partial charge >= 0.3 is 0 Å². The third-order valence-electron chi connectivity index (χ3n) is 1.81. The van der Waals surface area contributed by atoms with Crippen molar-refractivity contribution in [3.05, 3.63) is 35.4 Å². The average molecular weight is 176 g/mol. The third kappa shape index (κ3) is 2.55. The predicted octanol–water partition coefficient (Wildman–Crippen LogP) is 1.77. The van der Waals surface area contributed by atoms with E-state index >= 15 is 0 Å². The number of nitrogens with one attached hydrogen (secondary N) is 1. The summed E-state index contributed by atoms with van der Waals surface area (Å²) < 4.78 is 0. The number of hydrogen-bond donors (Lipinski definition) is 1. The molecule has 0 aromatic heterocycles. The van der Waals surface area contributed by atoms with Crippen LogP contribution in [-0.2, 0) is 4.84 Å². The zero-order chi connectivity index (χ0) is 9.68. The van der Waals surface area contributed by atoms with Gasteiger partial charge in [0.15, 0.2) is 0 Å². The molecule has 0 heterocycles. The minimum absolute atomic E-state index is 0.0956. The Bertz CT molecular complexity index is 317. The van der Waals surface area contributed by atoms with Gasteiger partial charge in [-0.15, -0.1) is 0 Å². The molecule has 1 rings (SSSR count). The molecule has 0 aliphatic heterocycles. The molecule has 0 saturated carbocycles. The third-order valence-corrected chi connectivity index (χ3v) is 1.81. The van der Waals surface area contributed by atoms with E-state index < -0.39 is 0 Å². The van der Waals surface area contributed by atoms with E-state index in [-0.39, 0.29) is 6.04 Å². The molecule has 0 radical (unpaired) electrons. The Labute approximate surface area is 77.9 Å². The number of nitrogens with zero attached hydrogens (tertiary/aromatic N) is 1. The first kappa shape index (κ1) is 9.72. The summed E-state index contributed by atoms with van der Waals surface area (Å²) in [5.41, 5.74) is 4.51. The fourth-order valence-corrected chi connectivity index (χ4v) is 1.12. The first-order valence-corrected chi connectivity index (χ1v) is 4.06. The van der Waals surface area contributed by atoms with Crippen LogP contribution in [0.4, 0.5) is 0 Å². The van der Waals surface area contributed by atoms with Crippen LogP contribution in [-0.4, -0.2) is 7.11 Å². The number of hydrogen-bond acceptors (Lipinski definition) is 3. The molecular formula is C10H12N2O. The van der Waals surface area contributed by atoms with Crippen molar-refractivity contribution < 1.29 is 4.84 Å². The van der Waals surface area contributed by atoms with Crippen molar-refractivity contribution in [2.75, 3.05) is 7.11 Å². The van der Waals surface area contributed by atoms with Crippen molar-refractivity contribution in [2.45, 2.75) is 13.0 Å². The Hall–Kier alpha value is -1.37. The molecular weight excluding hydrogens is 164 g/mol. The van der Waals surface area contributed by atoms with Gasteiger partial charge < -0.3 is 4.84 Å². The van der Waals surface area contributed by atoms with E-state index in [4.69, 9.17) is 10.1 Å². The van der Waals surface area contributed by atoms with Gasteiger partial charge in [-0.3, -0.25) is 0 Å². The van der Waals surface area contributed by atoms with Crippen molar-refractivity contribution in [1.29, 1.82) is 5.26 Å². The van der Waals surface area contributed by atoms with Crippen molar-refractivity contribution in [2.24, 2.45) is 0 Å². The van der Waals surface area contributed by atoms with E-state index in [1.807, 2.05) is 25.1 Å². The maximum Gasteiger partial charge on any atom is 0.0991 e. The molecule has 0 spiro atoms. The van der Waals surface area contributed by atoms with Crippen LogP contribution in [0, 0.1) is 11.3 Å². The largest absolute Gasteiger partial charge is 0.305 e. The zero-order valence-electron chi connectivity index (χ0n) is 7.74. The van der Waals surface area contributed by atoms with Crippen molar-refractivity contribution >= 4 is 0 Å². The lowest BCUT2D eigenvalue weighted by Crippen LogP contribution is -2.16. The molecule has 1 aromatic rings. The highest BCUT2D eigenvalue weighted by molar-refractivity contribution is 5.33. The fraction of sp³-hybridized carbons (Fsp3) is 0.300. The zero-order valence-corrected chi connectivity index (χ0v) is 7.74. The summed E-state index contributed by atoms with van der Waals surface area (Å²) in [6, 6.07) is 9.63. The summed E-state index contributed by atoms with van der Waals surface area (Å²) in [7, 11) is 1.57. The highest BCUT2D eigenvalue weighted by Gasteiger charge is 2.03. The molecule has 0 bridgehead atoms. The van der Waals surface area contributed by atoms with Crippen molar-refractivity contribution in [1.82, 2.24) is 5.48 Å². The van der Waals surface area contributed by atoms with Gasteiger partial charge in [0.2, 0.25) is 0 Å². The van der Waals surface area contributed by atoms with Crippen LogP contribution in [0.5, 0.6) is 0 Å². The second-order valence-electron chi connectivity index (χ2n) is 2.78.